The summed E-state index contributed by atoms with van der Waals surface area (Å²) in [5, 5.41) is 0. The Labute approximate surface area is 98.3 Å². The molecule has 0 aliphatic heterocycles. The molecule has 0 amide bonds. The van der Waals surface area contributed by atoms with E-state index in [0.29, 0.717) is 18.3 Å². The van der Waals surface area contributed by atoms with Gasteiger partial charge in [-0.3, -0.25) is 4.57 Å². The first kappa shape index (κ1) is 13.6. The normalized spacial score (nSPS) is 36.1. The first-order valence-electron chi connectivity index (χ1n) is 5.40. The maximum absolute atomic E-state index is 11.5. The van der Waals surface area contributed by atoms with Gasteiger partial charge in [0.25, 0.3) is 6.57 Å². The van der Waals surface area contributed by atoms with Gasteiger partial charge in [0.2, 0.25) is 0 Å². The minimum atomic E-state index is -2.68. The highest BCUT2D eigenvalue weighted by atomic mass is 32.7. The van der Waals surface area contributed by atoms with Crippen LogP contribution in [0.25, 0.3) is 0 Å². The van der Waals surface area contributed by atoms with Crippen LogP contribution in [0.2, 0.25) is 5.82 Å². The molecule has 0 spiro atoms. The van der Waals surface area contributed by atoms with Gasteiger partial charge in [0, 0.05) is 19.7 Å². The second-order valence-corrected chi connectivity index (χ2v) is 8.58. The Morgan fingerprint density at radius 2 is 2.20 bits per heavy atom. The van der Waals surface area contributed by atoms with Crippen molar-refractivity contribution in [3.05, 3.63) is 0 Å². The van der Waals surface area contributed by atoms with Crippen LogP contribution in [0.15, 0.2) is 0 Å². The van der Waals surface area contributed by atoms with Crippen molar-refractivity contribution in [3.8, 4) is 0 Å². The predicted octanol–water partition coefficient (Wildman–Crippen LogP) is 1.99. The molecule has 1 saturated carbocycles. The molecule has 0 aromatic carbocycles. The third kappa shape index (κ3) is 4.94. The van der Waals surface area contributed by atoms with E-state index >= 15 is 0 Å². The zero-order valence-corrected chi connectivity index (χ0v) is 11.5. The molecule has 0 N–H and O–H groups in total. The highest BCUT2D eigenvalue weighted by Gasteiger charge is 2.32. The molecule has 0 bridgehead atoms. The van der Waals surface area contributed by atoms with Crippen LogP contribution in [0.4, 0.5) is 0 Å². The second kappa shape index (κ2) is 5.76. The fourth-order valence-corrected chi connectivity index (χ4v) is 3.30. The van der Waals surface area contributed by atoms with Gasteiger partial charge in [-0.05, 0) is 12.8 Å². The van der Waals surface area contributed by atoms with E-state index in [0.717, 1.165) is 12.8 Å². The van der Waals surface area contributed by atoms with Crippen molar-refractivity contribution in [3.63, 3.8) is 0 Å². The van der Waals surface area contributed by atoms with E-state index in [4.69, 9.17) is 9.26 Å². The monoisotopic (exact) mass is 250 g/mol. The summed E-state index contributed by atoms with van der Waals surface area (Å²) in [5.74, 6) is 1.01. The molecule has 0 radical (unpaired) electrons. The average Bonchev–Trinajstić information content (AvgIpc) is 2.07. The fraction of sp³-hybridized carbons (Fsp3) is 1.00. The Bertz CT molecular complexity index is 246. The van der Waals surface area contributed by atoms with Gasteiger partial charge in [-0.2, -0.15) is 0 Å². The van der Waals surface area contributed by atoms with Crippen molar-refractivity contribution in [1.29, 1.82) is 0 Å². The van der Waals surface area contributed by atoms with Crippen LogP contribution in [0.5, 0.6) is 0 Å². The van der Waals surface area contributed by atoms with Crippen LogP contribution in [0.1, 0.15) is 19.3 Å². The van der Waals surface area contributed by atoms with Gasteiger partial charge in [0.05, 0.1) is 12.7 Å². The zero-order valence-electron chi connectivity index (χ0n) is 9.68. The van der Waals surface area contributed by atoms with E-state index in [1.807, 2.05) is 0 Å². The van der Waals surface area contributed by atoms with Gasteiger partial charge in [-0.25, -0.2) is 0 Å². The van der Waals surface area contributed by atoms with Crippen LogP contribution < -0.4 is 0 Å². The molecule has 0 saturated heterocycles. The number of thiol groups is 1. The molecule has 3 nitrogen and oxygen atoms in total. The van der Waals surface area contributed by atoms with E-state index in [1.165, 1.54) is 6.42 Å². The summed E-state index contributed by atoms with van der Waals surface area (Å²) < 4.78 is 22.3. The molecular weight excluding hydrogens is 230 g/mol. The highest BCUT2D eigenvalue weighted by molar-refractivity contribution is 8.46. The van der Waals surface area contributed by atoms with Gasteiger partial charge in [-0.1, -0.05) is 24.5 Å². The van der Waals surface area contributed by atoms with Crippen LogP contribution in [0, 0.1) is 5.92 Å². The Hall–Kier alpha value is 0.565. The molecule has 0 aromatic heterocycles. The van der Waals surface area contributed by atoms with Crippen molar-refractivity contribution in [2.45, 2.75) is 31.2 Å². The lowest BCUT2D eigenvalue weighted by Gasteiger charge is -2.35. The molecular formula is C9H20BO3PS. The number of hydrogen-bond acceptors (Lipinski definition) is 3. The Kier molecular flexibility index (Phi) is 5.24. The molecule has 6 heteroatoms. The summed E-state index contributed by atoms with van der Waals surface area (Å²) in [6.07, 6.45) is 3.30. The molecule has 1 fully saturated rings. The van der Waals surface area contributed by atoms with Crippen molar-refractivity contribution in [1.82, 2.24) is 0 Å². The molecule has 3 unspecified atom stereocenters. The highest BCUT2D eigenvalue weighted by Crippen LogP contribution is 2.51. The number of rotatable bonds is 4. The molecule has 4 atom stereocenters. The third-order valence-corrected chi connectivity index (χ3v) is 3.85. The van der Waals surface area contributed by atoms with Gasteiger partial charge in [0.1, 0.15) is 7.85 Å². The van der Waals surface area contributed by atoms with Gasteiger partial charge >= 0.3 is 0 Å². The summed E-state index contributed by atoms with van der Waals surface area (Å²) in [6.45, 7) is -0.442. The third-order valence-electron chi connectivity index (χ3n) is 2.90. The second-order valence-electron chi connectivity index (χ2n) is 4.58. The minimum Gasteiger partial charge on any atom is -0.384 e. The quantitative estimate of drug-likeness (QED) is 0.471. The first-order chi connectivity index (χ1) is 6.92. The molecule has 88 valence electrons. The van der Waals surface area contributed by atoms with Gasteiger partial charge in [-0.15, -0.1) is 0 Å². The Morgan fingerprint density at radius 3 is 2.73 bits per heavy atom. The topological polar surface area (TPSA) is 35.5 Å². The average molecular weight is 250 g/mol. The van der Waals surface area contributed by atoms with Crippen LogP contribution >= 0.6 is 18.8 Å². The minimum absolute atomic E-state index is 0.0435. The predicted molar refractivity (Wildman–Crippen MR) is 68.9 cm³/mol. The van der Waals surface area contributed by atoms with E-state index in [1.54, 1.807) is 13.8 Å². The summed E-state index contributed by atoms with van der Waals surface area (Å²) >= 11 is 4.00. The largest absolute Gasteiger partial charge is 0.384 e. The summed E-state index contributed by atoms with van der Waals surface area (Å²) in [7, 11) is 3.90. The van der Waals surface area contributed by atoms with E-state index in [2.05, 4.69) is 20.1 Å². The maximum atomic E-state index is 11.5. The van der Waals surface area contributed by atoms with Gasteiger partial charge < -0.3 is 9.26 Å². The van der Waals surface area contributed by atoms with E-state index in [-0.39, 0.29) is 6.10 Å². The first-order valence-corrected chi connectivity index (χ1v) is 8.62. The molecule has 15 heavy (non-hydrogen) atoms. The number of methoxy groups -OCH3 is 1. The molecule has 0 aromatic rings. The lowest BCUT2D eigenvalue weighted by Crippen LogP contribution is -2.32. The standard InChI is InChI=1S/C9H20BO3PS/c1-12-6-7-3-4-8(10)5-9(7)13-14(2,11)15/h7-9H,3-6,10H2,1-2H3,(H,11,15)/t7?,8-,9?,14?/m0/s1. The lowest BCUT2D eigenvalue weighted by molar-refractivity contribution is 0.0409. The Balaban J connectivity index is 2.57. The zero-order chi connectivity index (χ0) is 11.5. The van der Waals surface area contributed by atoms with Crippen molar-refractivity contribution in [2.75, 3.05) is 20.4 Å². The summed E-state index contributed by atoms with van der Waals surface area (Å²) in [6, 6.07) is 0. The van der Waals surface area contributed by atoms with Crippen LogP contribution in [-0.2, 0) is 13.8 Å². The number of hydrogen-bond donors (Lipinski definition) is 1. The fourth-order valence-electron chi connectivity index (χ4n) is 2.18. The van der Waals surface area contributed by atoms with Gasteiger partial charge in [0.15, 0.2) is 0 Å². The van der Waals surface area contributed by atoms with Crippen molar-refractivity contribution < 1.29 is 13.8 Å². The molecule has 1 rings (SSSR count). The van der Waals surface area contributed by atoms with E-state index < -0.39 is 6.57 Å². The van der Waals surface area contributed by atoms with Crippen LogP contribution in [-0.4, -0.2) is 34.3 Å². The van der Waals surface area contributed by atoms with Crippen molar-refractivity contribution in [2.24, 2.45) is 5.92 Å². The smallest absolute Gasteiger partial charge is 0.252 e. The van der Waals surface area contributed by atoms with Crippen LogP contribution in [0.3, 0.4) is 0 Å². The number of ether oxygens (including phenoxy) is 1. The van der Waals surface area contributed by atoms with Crippen molar-refractivity contribution >= 4 is 26.7 Å². The maximum Gasteiger partial charge on any atom is 0.252 e. The lowest BCUT2D eigenvalue weighted by atomic mass is 9.71. The Morgan fingerprint density at radius 1 is 1.53 bits per heavy atom. The summed E-state index contributed by atoms with van der Waals surface area (Å²) in [5.41, 5.74) is 0. The summed E-state index contributed by atoms with van der Waals surface area (Å²) in [4.78, 5) is 0. The molecule has 0 heterocycles. The SMILES string of the molecule is B[C@H]1CCC(COC)C(OP(C)(=O)S)C1. The molecule has 1 aliphatic carbocycles. The van der Waals surface area contributed by atoms with E-state index in [9.17, 15) is 4.57 Å². The molecule has 1 aliphatic rings.